The number of likely N-dealkylation sites (N-methyl/N-ethyl adjacent to an activating group) is 1. The third-order valence-electron chi connectivity index (χ3n) is 5.85. The van der Waals surface area contributed by atoms with Crippen molar-refractivity contribution in [2.45, 2.75) is 19.4 Å². The van der Waals surface area contributed by atoms with Gasteiger partial charge < -0.3 is 19.5 Å². The lowest BCUT2D eigenvalue weighted by Crippen LogP contribution is -2.35. The molecule has 32 heavy (non-hydrogen) atoms. The zero-order chi connectivity index (χ0) is 22.2. The molecule has 1 aromatic heterocycles. The van der Waals surface area contributed by atoms with Crippen molar-refractivity contribution in [2.75, 3.05) is 34.0 Å². The average Bonchev–Trinajstić information content (AvgIpc) is 3.47. The molecular formula is C22H24N6O4. The summed E-state index contributed by atoms with van der Waals surface area (Å²) in [7, 11) is 3.64. The van der Waals surface area contributed by atoms with Gasteiger partial charge in [0.2, 0.25) is 12.5 Å². The zero-order valence-electron chi connectivity index (χ0n) is 18.2. The first kappa shape index (κ1) is 20.3. The van der Waals surface area contributed by atoms with Crippen molar-refractivity contribution in [1.29, 1.82) is 0 Å². The number of nitrogens with one attached hydrogen (secondary N) is 1. The second-order valence-electron chi connectivity index (χ2n) is 7.68. The standard InChI is InChI=1S/C22H24N6O4/c1-4-23-22(29)14-7-5-6-8-15(14)28-21(24-25-26-28)18-17-13(9-10-27(18)2)11-16-19(20(17)30-3)32-12-31-16/h5-8,11,18H,4,9-10,12H2,1-3H3,(H,23,29). The number of ether oxygens (including phenoxy) is 3. The molecule has 5 rings (SSSR count). The Morgan fingerprint density at radius 1 is 1.31 bits per heavy atom. The van der Waals surface area contributed by atoms with Crippen LogP contribution in [-0.2, 0) is 6.42 Å². The number of fused-ring (bicyclic) bond motifs is 2. The molecule has 1 atom stereocenters. The van der Waals surface area contributed by atoms with Crippen LogP contribution in [0.3, 0.4) is 0 Å². The van der Waals surface area contributed by atoms with Crippen molar-refractivity contribution in [3.63, 3.8) is 0 Å². The minimum Gasteiger partial charge on any atom is -0.492 e. The monoisotopic (exact) mass is 436 g/mol. The van der Waals surface area contributed by atoms with E-state index < -0.39 is 0 Å². The van der Waals surface area contributed by atoms with E-state index in [1.807, 2.05) is 38.2 Å². The average molecular weight is 436 g/mol. The van der Waals surface area contributed by atoms with Gasteiger partial charge in [0.1, 0.15) is 6.04 Å². The molecule has 2 aliphatic rings. The van der Waals surface area contributed by atoms with Crippen LogP contribution in [-0.4, -0.2) is 65.1 Å². The quantitative estimate of drug-likeness (QED) is 0.645. The number of carbonyl (C=O) groups is 1. The van der Waals surface area contributed by atoms with E-state index in [0.717, 1.165) is 24.1 Å². The summed E-state index contributed by atoms with van der Waals surface area (Å²) in [6.45, 7) is 3.37. The Labute approximate surface area is 185 Å². The molecule has 1 amide bonds. The number of methoxy groups -OCH3 is 1. The van der Waals surface area contributed by atoms with Gasteiger partial charge in [0.15, 0.2) is 17.3 Å². The van der Waals surface area contributed by atoms with Crippen molar-refractivity contribution in [1.82, 2.24) is 30.4 Å². The molecule has 0 saturated heterocycles. The summed E-state index contributed by atoms with van der Waals surface area (Å²) in [4.78, 5) is 14.9. The Morgan fingerprint density at radius 2 is 2.16 bits per heavy atom. The van der Waals surface area contributed by atoms with Gasteiger partial charge in [0.25, 0.3) is 5.91 Å². The summed E-state index contributed by atoms with van der Waals surface area (Å²) in [5, 5.41) is 15.4. The molecule has 10 heteroatoms. The molecule has 0 spiro atoms. The molecule has 10 nitrogen and oxygen atoms in total. The first-order chi connectivity index (χ1) is 15.6. The van der Waals surface area contributed by atoms with E-state index in [-0.39, 0.29) is 18.7 Å². The summed E-state index contributed by atoms with van der Waals surface area (Å²) in [5.74, 6) is 2.31. The molecular weight excluding hydrogens is 412 g/mol. The molecule has 2 aliphatic heterocycles. The van der Waals surface area contributed by atoms with E-state index in [2.05, 4.69) is 25.7 Å². The maximum absolute atomic E-state index is 12.7. The molecule has 3 aromatic rings. The topological polar surface area (TPSA) is 104 Å². The lowest BCUT2D eigenvalue weighted by Gasteiger charge is -2.34. The van der Waals surface area contributed by atoms with Crippen LogP contribution >= 0.6 is 0 Å². The lowest BCUT2D eigenvalue weighted by atomic mass is 9.90. The van der Waals surface area contributed by atoms with Crippen LogP contribution in [0.4, 0.5) is 0 Å². The molecule has 3 heterocycles. The number of tetrazole rings is 1. The molecule has 0 aliphatic carbocycles. The van der Waals surface area contributed by atoms with Gasteiger partial charge in [-0.1, -0.05) is 12.1 Å². The fourth-order valence-electron chi connectivity index (χ4n) is 4.40. The third kappa shape index (κ3) is 3.14. The normalized spacial score (nSPS) is 17.2. The molecule has 0 fully saturated rings. The lowest BCUT2D eigenvalue weighted by molar-refractivity contribution is 0.0955. The number of benzene rings is 2. The van der Waals surface area contributed by atoms with E-state index in [1.54, 1.807) is 17.9 Å². The Morgan fingerprint density at radius 3 is 2.97 bits per heavy atom. The van der Waals surface area contributed by atoms with Crippen LogP contribution in [0.25, 0.3) is 5.69 Å². The predicted octanol–water partition coefficient (Wildman–Crippen LogP) is 1.73. The number of hydrogen-bond donors (Lipinski definition) is 1. The first-order valence-electron chi connectivity index (χ1n) is 10.5. The Kier molecular flexibility index (Phi) is 5.14. The van der Waals surface area contributed by atoms with Gasteiger partial charge in [-0.2, -0.15) is 4.68 Å². The second kappa shape index (κ2) is 8.12. The van der Waals surface area contributed by atoms with Crippen LogP contribution < -0.4 is 19.5 Å². The van der Waals surface area contributed by atoms with Crippen LogP contribution in [0.2, 0.25) is 0 Å². The number of hydrogen-bond acceptors (Lipinski definition) is 8. The summed E-state index contributed by atoms with van der Waals surface area (Å²) in [6, 6.07) is 9.00. The number of nitrogens with zero attached hydrogens (tertiary/aromatic N) is 5. The van der Waals surface area contributed by atoms with E-state index in [0.29, 0.717) is 40.9 Å². The van der Waals surface area contributed by atoms with Gasteiger partial charge >= 0.3 is 0 Å². The number of rotatable bonds is 5. The number of amides is 1. The van der Waals surface area contributed by atoms with Crippen LogP contribution in [0.1, 0.15) is 40.3 Å². The summed E-state index contributed by atoms with van der Waals surface area (Å²) < 4.78 is 18.7. The van der Waals surface area contributed by atoms with Crippen molar-refractivity contribution in [3.05, 3.63) is 52.8 Å². The fourth-order valence-corrected chi connectivity index (χ4v) is 4.40. The number of carbonyl (C=O) groups excluding carboxylic acids is 1. The number of aromatic nitrogens is 4. The molecule has 0 saturated carbocycles. The van der Waals surface area contributed by atoms with Gasteiger partial charge in [-0.05, 0) is 54.6 Å². The van der Waals surface area contributed by atoms with Gasteiger partial charge in [0, 0.05) is 18.7 Å². The Balaban J connectivity index is 1.68. The smallest absolute Gasteiger partial charge is 0.253 e. The fraction of sp³-hybridized carbons (Fsp3) is 0.364. The molecule has 2 aromatic carbocycles. The van der Waals surface area contributed by atoms with Gasteiger partial charge in [0.05, 0.1) is 18.4 Å². The Hall–Kier alpha value is -3.66. The van der Waals surface area contributed by atoms with Crippen molar-refractivity contribution in [2.24, 2.45) is 0 Å². The van der Waals surface area contributed by atoms with Crippen LogP contribution in [0.5, 0.6) is 17.2 Å². The predicted molar refractivity (Wildman–Crippen MR) is 114 cm³/mol. The van der Waals surface area contributed by atoms with Gasteiger partial charge in [-0.15, -0.1) is 5.10 Å². The molecule has 0 radical (unpaired) electrons. The largest absolute Gasteiger partial charge is 0.492 e. The Bertz CT molecular complexity index is 1180. The maximum atomic E-state index is 12.7. The summed E-state index contributed by atoms with van der Waals surface area (Å²) in [5.41, 5.74) is 3.15. The highest BCUT2D eigenvalue weighted by Gasteiger charge is 2.38. The number of para-hydroxylation sites is 1. The highest BCUT2D eigenvalue weighted by Crippen LogP contribution is 2.50. The highest BCUT2D eigenvalue weighted by atomic mass is 16.7. The van der Waals surface area contributed by atoms with E-state index in [1.165, 1.54) is 0 Å². The second-order valence-corrected chi connectivity index (χ2v) is 7.68. The van der Waals surface area contributed by atoms with Crippen molar-refractivity contribution in [3.8, 4) is 22.9 Å². The minimum atomic E-state index is -0.305. The van der Waals surface area contributed by atoms with Gasteiger partial charge in [-0.25, -0.2) is 0 Å². The molecule has 1 unspecified atom stereocenters. The van der Waals surface area contributed by atoms with Crippen LogP contribution in [0, 0.1) is 0 Å². The van der Waals surface area contributed by atoms with Gasteiger partial charge in [-0.3, -0.25) is 9.69 Å². The molecule has 1 N–H and O–H groups in total. The van der Waals surface area contributed by atoms with E-state index in [4.69, 9.17) is 14.2 Å². The van der Waals surface area contributed by atoms with Crippen molar-refractivity contribution < 1.29 is 19.0 Å². The summed E-state index contributed by atoms with van der Waals surface area (Å²) in [6.07, 6.45) is 0.826. The third-order valence-corrected chi connectivity index (χ3v) is 5.85. The first-order valence-corrected chi connectivity index (χ1v) is 10.5. The molecule has 166 valence electrons. The maximum Gasteiger partial charge on any atom is 0.253 e. The summed E-state index contributed by atoms with van der Waals surface area (Å²) >= 11 is 0. The SMILES string of the molecule is CCNC(=O)c1ccccc1-n1nnnc1C1c2c(cc3c(c2OC)OCO3)CCN1C. The van der Waals surface area contributed by atoms with E-state index in [9.17, 15) is 4.79 Å². The van der Waals surface area contributed by atoms with Crippen molar-refractivity contribution >= 4 is 5.91 Å². The van der Waals surface area contributed by atoms with E-state index >= 15 is 0 Å². The van der Waals surface area contributed by atoms with Crippen LogP contribution in [0.15, 0.2) is 30.3 Å². The molecule has 0 bridgehead atoms. The zero-order valence-corrected chi connectivity index (χ0v) is 18.2. The highest BCUT2D eigenvalue weighted by molar-refractivity contribution is 5.97. The minimum absolute atomic E-state index is 0.159.